The second-order valence-electron chi connectivity index (χ2n) is 3.09. The van der Waals surface area contributed by atoms with Crippen molar-refractivity contribution in [1.82, 2.24) is 10.3 Å². The first-order valence-corrected chi connectivity index (χ1v) is 5.99. The molecule has 0 aromatic carbocycles. The quantitative estimate of drug-likeness (QED) is 0.806. The van der Waals surface area contributed by atoms with Crippen LogP contribution in [-0.4, -0.2) is 24.7 Å². The minimum absolute atomic E-state index is 0.216. The van der Waals surface area contributed by atoms with Gasteiger partial charge >= 0.3 is 0 Å². The van der Waals surface area contributed by atoms with Gasteiger partial charge in [-0.15, -0.1) is 0 Å². The fraction of sp³-hybridized carbons (Fsp3) is 0.444. The zero-order valence-electron chi connectivity index (χ0n) is 7.46. The van der Waals surface area contributed by atoms with E-state index in [1.54, 1.807) is 0 Å². The van der Waals surface area contributed by atoms with E-state index in [9.17, 15) is 0 Å². The Morgan fingerprint density at radius 1 is 1.43 bits per heavy atom. The lowest BCUT2D eigenvalue weighted by Gasteiger charge is -2.23. The maximum Gasteiger partial charge on any atom is 0.120 e. The number of aromatic nitrogens is 1. The largest absolute Gasteiger partial charge is 0.378 e. The number of hydrogen-bond donors (Lipinski definition) is 1. The fourth-order valence-electron chi connectivity index (χ4n) is 1.38. The van der Waals surface area contributed by atoms with Gasteiger partial charge < -0.3 is 10.1 Å². The Kier molecular flexibility index (Phi) is 3.54. The van der Waals surface area contributed by atoms with E-state index in [1.807, 2.05) is 12.1 Å². The van der Waals surface area contributed by atoms with E-state index < -0.39 is 0 Å². The molecule has 0 radical (unpaired) electrons. The van der Waals surface area contributed by atoms with Crippen LogP contribution >= 0.6 is 31.9 Å². The third-order valence-corrected chi connectivity index (χ3v) is 3.88. The molecule has 0 unspecified atom stereocenters. The molecule has 0 bridgehead atoms. The van der Waals surface area contributed by atoms with Gasteiger partial charge in [0.15, 0.2) is 0 Å². The lowest BCUT2D eigenvalue weighted by Crippen LogP contribution is -2.35. The molecule has 1 N–H and O–H groups in total. The third kappa shape index (κ3) is 2.34. The van der Waals surface area contributed by atoms with Gasteiger partial charge in [-0.05, 0) is 44.0 Å². The number of pyridine rings is 1. The second kappa shape index (κ2) is 4.70. The molecule has 1 saturated heterocycles. The van der Waals surface area contributed by atoms with Crippen molar-refractivity contribution in [2.45, 2.75) is 6.04 Å². The highest BCUT2D eigenvalue weighted by Gasteiger charge is 2.16. The molecule has 1 aliphatic heterocycles. The predicted octanol–water partition coefficient (Wildman–Crippen LogP) is 2.27. The predicted molar refractivity (Wildman–Crippen MR) is 61.2 cm³/mol. The molecule has 0 spiro atoms. The lowest BCUT2D eigenvalue weighted by molar-refractivity contribution is 0.0755. The van der Waals surface area contributed by atoms with Crippen LogP contribution in [0.25, 0.3) is 0 Å². The van der Waals surface area contributed by atoms with Gasteiger partial charge in [0, 0.05) is 6.54 Å². The summed E-state index contributed by atoms with van der Waals surface area (Å²) in [6, 6.07) is 4.21. The Morgan fingerprint density at radius 3 is 2.93 bits per heavy atom. The van der Waals surface area contributed by atoms with Crippen LogP contribution in [0.2, 0.25) is 0 Å². The first kappa shape index (κ1) is 10.5. The molecule has 2 heterocycles. The van der Waals surface area contributed by atoms with Gasteiger partial charge in [0.1, 0.15) is 4.60 Å². The van der Waals surface area contributed by atoms with Gasteiger partial charge in [-0.25, -0.2) is 4.98 Å². The van der Waals surface area contributed by atoms with Gasteiger partial charge in [0.25, 0.3) is 0 Å². The molecule has 1 aliphatic rings. The van der Waals surface area contributed by atoms with E-state index in [0.717, 1.165) is 27.9 Å². The molecule has 1 atom stereocenters. The lowest BCUT2D eigenvalue weighted by atomic mass is 10.2. The number of halogens is 2. The van der Waals surface area contributed by atoms with Gasteiger partial charge in [0.2, 0.25) is 0 Å². The SMILES string of the molecule is Brc1ccc([C@H]2COCCN2)nc1Br. The van der Waals surface area contributed by atoms with Crippen LogP contribution in [0.15, 0.2) is 21.2 Å². The molecule has 0 amide bonds. The zero-order valence-corrected chi connectivity index (χ0v) is 10.6. The summed E-state index contributed by atoms with van der Waals surface area (Å²) in [5.74, 6) is 0. The van der Waals surface area contributed by atoms with Crippen LogP contribution in [0.5, 0.6) is 0 Å². The Morgan fingerprint density at radius 2 is 2.29 bits per heavy atom. The molecule has 2 rings (SSSR count). The van der Waals surface area contributed by atoms with Crippen LogP contribution in [0.1, 0.15) is 11.7 Å². The number of nitrogens with one attached hydrogen (secondary N) is 1. The van der Waals surface area contributed by atoms with E-state index in [1.165, 1.54) is 0 Å². The first-order valence-electron chi connectivity index (χ1n) is 4.40. The zero-order chi connectivity index (χ0) is 9.97. The van der Waals surface area contributed by atoms with Gasteiger partial charge in [-0.3, -0.25) is 0 Å². The Balaban J connectivity index is 2.18. The number of ether oxygens (including phenoxy) is 1. The topological polar surface area (TPSA) is 34.1 Å². The highest BCUT2D eigenvalue weighted by atomic mass is 79.9. The molecule has 1 fully saturated rings. The fourth-order valence-corrected chi connectivity index (χ4v) is 1.94. The molecule has 3 nitrogen and oxygen atoms in total. The van der Waals surface area contributed by atoms with Crippen LogP contribution in [0.4, 0.5) is 0 Å². The van der Waals surface area contributed by atoms with E-state index in [4.69, 9.17) is 4.74 Å². The van der Waals surface area contributed by atoms with Crippen LogP contribution in [0.3, 0.4) is 0 Å². The summed E-state index contributed by atoms with van der Waals surface area (Å²) in [7, 11) is 0. The number of morpholine rings is 1. The van der Waals surface area contributed by atoms with E-state index in [0.29, 0.717) is 6.61 Å². The summed E-state index contributed by atoms with van der Waals surface area (Å²) in [6.07, 6.45) is 0. The van der Waals surface area contributed by atoms with E-state index in [-0.39, 0.29) is 6.04 Å². The summed E-state index contributed by atoms with van der Waals surface area (Å²) < 4.78 is 7.18. The van der Waals surface area contributed by atoms with Crippen LogP contribution in [0, 0.1) is 0 Å². The van der Waals surface area contributed by atoms with Gasteiger partial charge in [-0.1, -0.05) is 0 Å². The van der Waals surface area contributed by atoms with Crippen molar-refractivity contribution in [2.75, 3.05) is 19.8 Å². The summed E-state index contributed by atoms with van der Waals surface area (Å²) in [4.78, 5) is 4.42. The monoisotopic (exact) mass is 320 g/mol. The van der Waals surface area contributed by atoms with Crippen LogP contribution < -0.4 is 5.32 Å². The second-order valence-corrected chi connectivity index (χ2v) is 4.70. The summed E-state index contributed by atoms with van der Waals surface area (Å²) >= 11 is 6.78. The molecule has 76 valence electrons. The molecule has 1 aromatic rings. The van der Waals surface area contributed by atoms with Crippen LogP contribution in [-0.2, 0) is 4.74 Å². The summed E-state index contributed by atoms with van der Waals surface area (Å²) in [5, 5.41) is 3.36. The maximum absolute atomic E-state index is 5.38. The van der Waals surface area contributed by atoms with Crippen molar-refractivity contribution in [3.63, 3.8) is 0 Å². The average molecular weight is 322 g/mol. The van der Waals surface area contributed by atoms with E-state index in [2.05, 4.69) is 42.2 Å². The normalized spacial score (nSPS) is 22.3. The van der Waals surface area contributed by atoms with Crippen molar-refractivity contribution >= 4 is 31.9 Å². The molecular weight excluding hydrogens is 312 g/mol. The van der Waals surface area contributed by atoms with Gasteiger partial charge in [0.05, 0.1) is 29.4 Å². The number of hydrogen-bond acceptors (Lipinski definition) is 3. The molecular formula is C9H10Br2N2O. The van der Waals surface area contributed by atoms with Crippen molar-refractivity contribution in [3.8, 4) is 0 Å². The summed E-state index contributed by atoms with van der Waals surface area (Å²) in [6.45, 7) is 2.37. The molecule has 1 aromatic heterocycles. The van der Waals surface area contributed by atoms with Crippen molar-refractivity contribution in [2.24, 2.45) is 0 Å². The minimum atomic E-state index is 0.216. The standard InChI is InChI=1S/C9H10Br2N2O/c10-6-1-2-7(13-9(6)11)8-5-14-4-3-12-8/h1-2,8,12H,3-5H2/t8-/m1/s1. The highest BCUT2D eigenvalue weighted by Crippen LogP contribution is 2.23. The molecule has 14 heavy (non-hydrogen) atoms. The summed E-state index contributed by atoms with van der Waals surface area (Å²) in [5.41, 5.74) is 1.01. The Labute approximate surface area is 99.5 Å². The minimum Gasteiger partial charge on any atom is -0.378 e. The first-order chi connectivity index (χ1) is 6.77. The van der Waals surface area contributed by atoms with E-state index >= 15 is 0 Å². The molecule has 0 aliphatic carbocycles. The highest BCUT2D eigenvalue weighted by molar-refractivity contribution is 9.13. The molecule has 0 saturated carbocycles. The van der Waals surface area contributed by atoms with Crippen molar-refractivity contribution in [1.29, 1.82) is 0 Å². The van der Waals surface area contributed by atoms with Gasteiger partial charge in [-0.2, -0.15) is 0 Å². The van der Waals surface area contributed by atoms with Crippen molar-refractivity contribution < 1.29 is 4.74 Å². The molecule has 5 heteroatoms. The average Bonchev–Trinajstić information content (AvgIpc) is 2.23. The Hall–Kier alpha value is 0.0300. The van der Waals surface area contributed by atoms with Crippen molar-refractivity contribution in [3.05, 3.63) is 26.9 Å². The smallest absolute Gasteiger partial charge is 0.120 e. The Bertz CT molecular complexity index is 327. The number of rotatable bonds is 1. The maximum atomic E-state index is 5.38. The number of nitrogens with zero attached hydrogens (tertiary/aromatic N) is 1. The third-order valence-electron chi connectivity index (χ3n) is 2.10.